The Hall–Kier alpha value is -2.11. The molecule has 1 saturated heterocycles. The van der Waals surface area contributed by atoms with E-state index in [0.29, 0.717) is 25.9 Å². The molecule has 2 rings (SSSR count). The van der Waals surface area contributed by atoms with Gasteiger partial charge in [-0.1, -0.05) is 6.07 Å². The van der Waals surface area contributed by atoms with Gasteiger partial charge in [0.05, 0.1) is 6.54 Å². The number of carboxylic acid groups (broad SMARTS) is 1. The van der Waals surface area contributed by atoms with Crippen LogP contribution in [0.15, 0.2) is 24.5 Å². The van der Waals surface area contributed by atoms with E-state index in [-0.39, 0.29) is 18.6 Å². The van der Waals surface area contributed by atoms with Crippen molar-refractivity contribution in [3.8, 4) is 0 Å². The van der Waals surface area contributed by atoms with Gasteiger partial charge < -0.3 is 14.7 Å². The molecule has 1 aliphatic rings. The average molecular weight is 264 g/mol. The lowest BCUT2D eigenvalue weighted by atomic mass is 10.1. The molecule has 0 saturated carbocycles. The molecule has 1 amide bonds. The lowest BCUT2D eigenvalue weighted by Crippen LogP contribution is -2.41. The Morgan fingerprint density at radius 1 is 1.58 bits per heavy atom. The molecule has 1 aliphatic heterocycles. The molecule has 0 bridgehead atoms. The number of carbonyl (C=O) groups is 2. The standard InChI is InChI=1S/C13H16N2O4/c16-12(17)4-3-11-5-7-15(13(18)19-11)9-10-2-1-6-14-8-10/h1-2,6,8,11H,3-5,7,9H2,(H,16,17). The van der Waals surface area contributed by atoms with Crippen LogP contribution in [0.4, 0.5) is 4.79 Å². The molecule has 102 valence electrons. The van der Waals surface area contributed by atoms with Gasteiger partial charge in [-0.25, -0.2) is 4.79 Å². The van der Waals surface area contributed by atoms with Crippen molar-refractivity contribution in [1.82, 2.24) is 9.88 Å². The number of cyclic esters (lactones) is 1. The lowest BCUT2D eigenvalue weighted by molar-refractivity contribution is -0.137. The highest BCUT2D eigenvalue weighted by molar-refractivity contribution is 5.69. The summed E-state index contributed by atoms with van der Waals surface area (Å²) in [6.07, 6.45) is 3.80. The number of hydrogen-bond acceptors (Lipinski definition) is 4. The number of pyridine rings is 1. The zero-order valence-electron chi connectivity index (χ0n) is 10.5. The van der Waals surface area contributed by atoms with Gasteiger partial charge in [0.25, 0.3) is 0 Å². The van der Waals surface area contributed by atoms with Crippen molar-refractivity contribution in [3.05, 3.63) is 30.1 Å². The predicted molar refractivity (Wildman–Crippen MR) is 66.4 cm³/mol. The first-order valence-electron chi connectivity index (χ1n) is 6.21. The number of rotatable bonds is 5. The SMILES string of the molecule is O=C(O)CCC1CCN(Cc2cccnc2)C(=O)O1. The number of aliphatic carboxylic acids is 1. The normalized spacial score (nSPS) is 19.1. The van der Waals surface area contributed by atoms with Crippen LogP contribution in [-0.4, -0.2) is 39.7 Å². The van der Waals surface area contributed by atoms with Crippen molar-refractivity contribution < 1.29 is 19.4 Å². The summed E-state index contributed by atoms with van der Waals surface area (Å²) in [7, 11) is 0. The molecular weight excluding hydrogens is 248 g/mol. The smallest absolute Gasteiger partial charge is 0.410 e. The molecule has 6 heteroatoms. The Morgan fingerprint density at radius 2 is 2.42 bits per heavy atom. The summed E-state index contributed by atoms with van der Waals surface area (Å²) in [5, 5.41) is 8.60. The van der Waals surface area contributed by atoms with Crippen molar-refractivity contribution in [1.29, 1.82) is 0 Å². The third-order valence-electron chi connectivity index (χ3n) is 3.02. The predicted octanol–water partition coefficient (Wildman–Crippen LogP) is 1.66. The first-order chi connectivity index (χ1) is 9.15. The van der Waals surface area contributed by atoms with Gasteiger partial charge in [0, 0.05) is 31.8 Å². The van der Waals surface area contributed by atoms with Crippen LogP contribution >= 0.6 is 0 Å². The van der Waals surface area contributed by atoms with E-state index in [2.05, 4.69) is 4.98 Å². The van der Waals surface area contributed by atoms with E-state index in [1.165, 1.54) is 0 Å². The van der Waals surface area contributed by atoms with Crippen LogP contribution in [0.25, 0.3) is 0 Å². The summed E-state index contributed by atoms with van der Waals surface area (Å²) in [5.41, 5.74) is 0.948. The van der Waals surface area contributed by atoms with E-state index in [9.17, 15) is 9.59 Å². The molecule has 2 heterocycles. The van der Waals surface area contributed by atoms with Crippen molar-refractivity contribution >= 4 is 12.1 Å². The number of ether oxygens (including phenoxy) is 1. The molecule has 0 aromatic carbocycles. The fourth-order valence-corrected chi connectivity index (χ4v) is 2.01. The molecule has 1 aromatic rings. The van der Waals surface area contributed by atoms with E-state index in [1.54, 1.807) is 17.3 Å². The summed E-state index contributed by atoms with van der Waals surface area (Å²) in [5.74, 6) is -0.867. The molecule has 0 aliphatic carbocycles. The molecule has 1 fully saturated rings. The number of carboxylic acids is 1. The molecule has 1 unspecified atom stereocenters. The van der Waals surface area contributed by atoms with Gasteiger partial charge in [-0.2, -0.15) is 0 Å². The summed E-state index contributed by atoms with van der Waals surface area (Å²) >= 11 is 0. The van der Waals surface area contributed by atoms with Gasteiger partial charge >= 0.3 is 12.1 Å². The molecule has 19 heavy (non-hydrogen) atoms. The van der Waals surface area contributed by atoms with Gasteiger partial charge in [-0.05, 0) is 18.1 Å². The maximum atomic E-state index is 11.8. The second kappa shape index (κ2) is 6.17. The Morgan fingerprint density at radius 3 is 3.05 bits per heavy atom. The highest BCUT2D eigenvalue weighted by atomic mass is 16.6. The fourth-order valence-electron chi connectivity index (χ4n) is 2.01. The van der Waals surface area contributed by atoms with E-state index in [1.807, 2.05) is 12.1 Å². The maximum Gasteiger partial charge on any atom is 0.410 e. The van der Waals surface area contributed by atoms with E-state index >= 15 is 0 Å². The van der Waals surface area contributed by atoms with Crippen LogP contribution in [-0.2, 0) is 16.1 Å². The van der Waals surface area contributed by atoms with Crippen LogP contribution in [0.1, 0.15) is 24.8 Å². The zero-order valence-corrected chi connectivity index (χ0v) is 10.5. The Balaban J connectivity index is 1.84. The molecule has 1 atom stereocenters. The van der Waals surface area contributed by atoms with Crippen molar-refractivity contribution in [3.63, 3.8) is 0 Å². The minimum Gasteiger partial charge on any atom is -0.481 e. The number of carbonyl (C=O) groups excluding carboxylic acids is 1. The van der Waals surface area contributed by atoms with Crippen molar-refractivity contribution in [2.45, 2.75) is 31.9 Å². The summed E-state index contributed by atoms with van der Waals surface area (Å²) in [6.45, 7) is 1.05. The first kappa shape index (κ1) is 13.3. The quantitative estimate of drug-likeness (QED) is 0.874. The second-order valence-electron chi connectivity index (χ2n) is 4.51. The van der Waals surface area contributed by atoms with Crippen LogP contribution in [0.5, 0.6) is 0 Å². The third-order valence-corrected chi connectivity index (χ3v) is 3.02. The van der Waals surface area contributed by atoms with Crippen LogP contribution in [0.2, 0.25) is 0 Å². The zero-order chi connectivity index (χ0) is 13.7. The van der Waals surface area contributed by atoms with Gasteiger partial charge in [0.2, 0.25) is 0 Å². The highest BCUT2D eigenvalue weighted by Gasteiger charge is 2.27. The van der Waals surface area contributed by atoms with E-state index in [4.69, 9.17) is 9.84 Å². The molecule has 0 spiro atoms. The van der Waals surface area contributed by atoms with Crippen molar-refractivity contribution in [2.24, 2.45) is 0 Å². The largest absolute Gasteiger partial charge is 0.481 e. The molecule has 0 radical (unpaired) electrons. The number of nitrogens with zero attached hydrogens (tertiary/aromatic N) is 2. The fraction of sp³-hybridized carbons (Fsp3) is 0.462. The van der Waals surface area contributed by atoms with Gasteiger partial charge in [-0.3, -0.25) is 9.78 Å². The number of amides is 1. The summed E-state index contributed by atoms with van der Waals surface area (Å²) in [4.78, 5) is 27.9. The molecule has 6 nitrogen and oxygen atoms in total. The topological polar surface area (TPSA) is 79.7 Å². The summed E-state index contributed by atoms with van der Waals surface area (Å²) in [6, 6.07) is 3.72. The average Bonchev–Trinajstić information content (AvgIpc) is 2.40. The van der Waals surface area contributed by atoms with E-state index < -0.39 is 5.97 Å². The molecular formula is C13H16N2O4. The monoisotopic (exact) mass is 264 g/mol. The summed E-state index contributed by atoms with van der Waals surface area (Å²) < 4.78 is 5.22. The Bertz CT molecular complexity index is 449. The second-order valence-corrected chi connectivity index (χ2v) is 4.51. The maximum absolute atomic E-state index is 11.8. The molecule has 1 aromatic heterocycles. The van der Waals surface area contributed by atoms with Crippen LogP contribution in [0, 0.1) is 0 Å². The van der Waals surface area contributed by atoms with Crippen molar-refractivity contribution in [2.75, 3.05) is 6.54 Å². The van der Waals surface area contributed by atoms with Gasteiger partial charge in [0.1, 0.15) is 6.10 Å². The Labute approximate surface area is 111 Å². The van der Waals surface area contributed by atoms with Crippen LogP contribution in [0.3, 0.4) is 0 Å². The number of aromatic nitrogens is 1. The van der Waals surface area contributed by atoms with Crippen LogP contribution < -0.4 is 0 Å². The van der Waals surface area contributed by atoms with E-state index in [0.717, 1.165) is 5.56 Å². The number of hydrogen-bond donors (Lipinski definition) is 1. The molecule has 1 N–H and O–H groups in total. The van der Waals surface area contributed by atoms with Gasteiger partial charge in [-0.15, -0.1) is 0 Å². The minimum atomic E-state index is -0.867. The highest BCUT2D eigenvalue weighted by Crippen LogP contribution is 2.18. The first-order valence-corrected chi connectivity index (χ1v) is 6.21. The van der Waals surface area contributed by atoms with Gasteiger partial charge in [0.15, 0.2) is 0 Å². The Kier molecular flexibility index (Phi) is 4.33. The lowest BCUT2D eigenvalue weighted by Gasteiger charge is -2.31. The third kappa shape index (κ3) is 3.94. The minimum absolute atomic E-state index is 0.0283.